The van der Waals surface area contributed by atoms with Crippen LogP contribution in [0.1, 0.15) is 6.42 Å². The van der Waals surface area contributed by atoms with Gasteiger partial charge in [0.15, 0.2) is 0 Å². The van der Waals surface area contributed by atoms with Crippen molar-refractivity contribution in [2.75, 3.05) is 25.7 Å². The highest BCUT2D eigenvalue weighted by Crippen LogP contribution is 2.36. The van der Waals surface area contributed by atoms with Gasteiger partial charge in [0.2, 0.25) is 0 Å². The lowest BCUT2D eigenvalue weighted by Crippen LogP contribution is -2.39. The van der Waals surface area contributed by atoms with Gasteiger partial charge in [0, 0.05) is 6.42 Å². The average molecular weight is 481 g/mol. The third-order valence-corrected chi connectivity index (χ3v) is 11.0. The summed E-state index contributed by atoms with van der Waals surface area (Å²) in [6, 6.07) is 44.0. The minimum Gasteiger partial charge on any atom is -0.434 e. The fourth-order valence-corrected chi connectivity index (χ4v) is 8.82. The van der Waals surface area contributed by atoms with Gasteiger partial charge in [-0.1, -0.05) is 121 Å². The Morgan fingerprint density at radius 1 is 0.588 bits per heavy atom. The van der Waals surface area contributed by atoms with Crippen molar-refractivity contribution in [1.29, 1.82) is 0 Å². The second kappa shape index (κ2) is 11.6. The SMILES string of the molecule is [C-]1=[N+](CP(c2ccccc2)c2ccccc2)CCCN1CP(c1ccccc1)c1ccccc1. The average Bonchev–Trinajstić information content (AvgIpc) is 2.92. The molecule has 2 nitrogen and oxygen atoms in total. The molecule has 0 unspecified atom stereocenters. The molecule has 4 aromatic rings. The number of nitrogens with zero attached hydrogens (tertiary/aromatic N) is 2. The van der Waals surface area contributed by atoms with Crippen LogP contribution in [0.4, 0.5) is 0 Å². The fraction of sp³-hybridized carbons (Fsp3) is 0.167. The zero-order valence-electron chi connectivity index (χ0n) is 19.4. The third kappa shape index (κ3) is 5.82. The predicted octanol–water partition coefficient (Wildman–Crippen LogP) is 4.79. The van der Waals surface area contributed by atoms with E-state index in [9.17, 15) is 0 Å². The fourth-order valence-electron chi connectivity index (χ4n) is 4.36. The second-order valence-electron chi connectivity index (χ2n) is 8.46. The van der Waals surface area contributed by atoms with Gasteiger partial charge in [0.1, 0.15) is 0 Å². The van der Waals surface area contributed by atoms with Crippen molar-refractivity contribution in [3.05, 3.63) is 121 Å². The molecule has 0 atom stereocenters. The van der Waals surface area contributed by atoms with E-state index in [0.29, 0.717) is 0 Å². The Labute approximate surface area is 206 Å². The minimum atomic E-state index is -0.459. The molecule has 0 radical (unpaired) electrons. The zero-order valence-corrected chi connectivity index (χ0v) is 21.2. The van der Waals surface area contributed by atoms with E-state index in [1.165, 1.54) is 27.6 Å². The van der Waals surface area contributed by atoms with Crippen LogP contribution in [0.25, 0.3) is 0 Å². The molecule has 1 aliphatic rings. The monoisotopic (exact) mass is 480 g/mol. The maximum absolute atomic E-state index is 3.79. The zero-order chi connectivity index (χ0) is 23.0. The maximum Gasteiger partial charge on any atom is 0.0800 e. The van der Waals surface area contributed by atoms with Crippen molar-refractivity contribution in [2.24, 2.45) is 0 Å². The third-order valence-electron chi connectivity index (χ3n) is 6.03. The standard InChI is InChI=1S/C30H30N2P2/c1-5-14-27(15-6-1)33(28-16-7-2-8-17-28)25-31-22-13-23-32(24-31)26-34(29-18-9-3-10-19-29)30-20-11-4-12-21-30/h1-12,14-21H,13,22-23,25-26H2. The molecular weight excluding hydrogens is 450 g/mol. The molecule has 0 aliphatic carbocycles. The summed E-state index contributed by atoms with van der Waals surface area (Å²) >= 11 is 0. The molecule has 1 aliphatic heterocycles. The summed E-state index contributed by atoms with van der Waals surface area (Å²) in [5, 5.41) is 5.72. The van der Waals surface area contributed by atoms with Gasteiger partial charge < -0.3 is 9.48 Å². The summed E-state index contributed by atoms with van der Waals surface area (Å²) in [5.41, 5.74) is 0. The summed E-state index contributed by atoms with van der Waals surface area (Å²) in [6.07, 6.45) is 6.98. The first-order valence-electron chi connectivity index (χ1n) is 11.9. The van der Waals surface area contributed by atoms with Crippen LogP contribution >= 0.6 is 15.8 Å². The van der Waals surface area contributed by atoms with Crippen LogP contribution in [0.15, 0.2) is 121 Å². The van der Waals surface area contributed by atoms with Crippen LogP contribution in [0.5, 0.6) is 0 Å². The van der Waals surface area contributed by atoms with Crippen molar-refractivity contribution in [2.45, 2.75) is 6.42 Å². The maximum atomic E-state index is 3.79. The Hall–Kier alpha value is -2.79. The van der Waals surface area contributed by atoms with E-state index in [0.717, 1.165) is 25.7 Å². The van der Waals surface area contributed by atoms with E-state index in [1.54, 1.807) is 0 Å². The molecule has 0 spiro atoms. The van der Waals surface area contributed by atoms with Crippen molar-refractivity contribution < 1.29 is 4.58 Å². The summed E-state index contributed by atoms with van der Waals surface area (Å²) in [6.45, 7) is 2.15. The lowest BCUT2D eigenvalue weighted by atomic mass is 10.3. The van der Waals surface area contributed by atoms with Gasteiger partial charge in [-0.25, -0.2) is 0 Å². The normalized spacial score (nSPS) is 13.8. The van der Waals surface area contributed by atoms with E-state index in [-0.39, 0.29) is 0 Å². The smallest absolute Gasteiger partial charge is 0.0800 e. The van der Waals surface area contributed by atoms with Crippen LogP contribution in [0.3, 0.4) is 0 Å². The van der Waals surface area contributed by atoms with Gasteiger partial charge in [-0.3, -0.25) is 0 Å². The topological polar surface area (TPSA) is 6.25 Å². The molecule has 0 bridgehead atoms. The summed E-state index contributed by atoms with van der Waals surface area (Å²) in [7, 11) is -0.917. The largest absolute Gasteiger partial charge is 0.434 e. The van der Waals surface area contributed by atoms with E-state index in [2.05, 4.69) is 137 Å². The van der Waals surface area contributed by atoms with Crippen LogP contribution in [-0.4, -0.2) is 41.5 Å². The Morgan fingerprint density at radius 2 is 1.00 bits per heavy atom. The first kappa shape index (κ1) is 23.0. The number of hydrogen-bond donors (Lipinski definition) is 0. The molecule has 4 heteroatoms. The number of benzene rings is 4. The number of rotatable bonds is 8. The Bertz CT molecular complexity index is 1100. The van der Waals surface area contributed by atoms with Gasteiger partial charge in [0.05, 0.1) is 25.7 Å². The molecule has 0 amide bonds. The second-order valence-corrected chi connectivity index (χ2v) is 12.8. The molecule has 0 N–H and O–H groups in total. The van der Waals surface area contributed by atoms with Gasteiger partial charge in [-0.2, -0.15) is 0 Å². The molecule has 34 heavy (non-hydrogen) atoms. The minimum absolute atomic E-state index is 0.459. The Kier molecular flexibility index (Phi) is 7.82. The molecule has 0 aromatic heterocycles. The van der Waals surface area contributed by atoms with E-state index in [1.807, 2.05) is 0 Å². The van der Waals surface area contributed by atoms with E-state index in [4.69, 9.17) is 0 Å². The van der Waals surface area contributed by atoms with Crippen molar-refractivity contribution in [3.8, 4) is 0 Å². The van der Waals surface area contributed by atoms with Crippen LogP contribution < -0.4 is 21.2 Å². The molecule has 0 fully saturated rings. The Balaban J connectivity index is 1.40. The first-order valence-corrected chi connectivity index (χ1v) is 14.9. The van der Waals surface area contributed by atoms with Crippen LogP contribution in [-0.2, 0) is 0 Å². The van der Waals surface area contributed by atoms with Gasteiger partial charge >= 0.3 is 0 Å². The van der Waals surface area contributed by atoms with Crippen LogP contribution in [0.2, 0.25) is 0 Å². The highest BCUT2D eigenvalue weighted by atomic mass is 31.1. The molecule has 5 rings (SSSR count). The van der Waals surface area contributed by atoms with Crippen LogP contribution in [0, 0.1) is 0 Å². The quantitative estimate of drug-likeness (QED) is 0.200. The van der Waals surface area contributed by atoms with Gasteiger partial charge in [-0.05, 0) is 37.1 Å². The lowest BCUT2D eigenvalue weighted by molar-refractivity contribution is -0.513. The lowest BCUT2D eigenvalue weighted by Gasteiger charge is -2.36. The van der Waals surface area contributed by atoms with Crippen molar-refractivity contribution in [3.63, 3.8) is 0 Å². The molecule has 0 saturated heterocycles. The van der Waals surface area contributed by atoms with Crippen molar-refractivity contribution >= 4 is 43.4 Å². The summed E-state index contributed by atoms with van der Waals surface area (Å²) < 4.78 is 2.44. The van der Waals surface area contributed by atoms with Crippen molar-refractivity contribution in [1.82, 2.24) is 4.90 Å². The highest BCUT2D eigenvalue weighted by molar-refractivity contribution is 7.73. The Morgan fingerprint density at radius 3 is 1.44 bits per heavy atom. The molecule has 0 saturated carbocycles. The first-order chi connectivity index (χ1) is 16.9. The highest BCUT2D eigenvalue weighted by Gasteiger charge is 2.20. The molecule has 170 valence electrons. The molecule has 1 heterocycles. The molecule has 4 aromatic carbocycles. The summed E-state index contributed by atoms with van der Waals surface area (Å²) in [5.74, 6) is 0. The number of hydrogen-bond acceptors (Lipinski definition) is 1. The predicted molar refractivity (Wildman–Crippen MR) is 149 cm³/mol. The molecular formula is C30H30N2P2. The summed E-state index contributed by atoms with van der Waals surface area (Å²) in [4.78, 5) is 2.44. The van der Waals surface area contributed by atoms with Gasteiger partial charge in [0.25, 0.3) is 0 Å². The van der Waals surface area contributed by atoms with Gasteiger partial charge in [-0.15, -0.1) is 6.34 Å². The van der Waals surface area contributed by atoms with E-state index >= 15 is 0 Å². The van der Waals surface area contributed by atoms with E-state index < -0.39 is 15.8 Å².